The van der Waals surface area contributed by atoms with Crippen molar-refractivity contribution in [1.82, 2.24) is 15.3 Å². The van der Waals surface area contributed by atoms with Crippen molar-refractivity contribution in [3.63, 3.8) is 0 Å². The van der Waals surface area contributed by atoms with Gasteiger partial charge in [-0.05, 0) is 24.3 Å². The van der Waals surface area contributed by atoms with Crippen LogP contribution in [0.2, 0.25) is 0 Å². The molecular weight excluding hydrogens is 324 g/mol. The number of thiazole rings is 1. The Balaban J connectivity index is 1.64. The molecular formula is C17H12N4O2S. The molecule has 3 rings (SSSR count). The van der Waals surface area contributed by atoms with E-state index in [1.807, 2.05) is 23.6 Å². The number of rotatable bonds is 5. The third-order valence-corrected chi connectivity index (χ3v) is 3.97. The minimum absolute atomic E-state index is 0.0177. The Bertz CT molecular complexity index is 892. The standard InChI is InChI=1S/C17H12N4O2S/c18-9-13(8-14-2-1-7-23-14)17(22)20-10-16-21-15(11-24-16)12-3-5-19-6-4-12/h1-8,11H,10H2,(H,20,22). The highest BCUT2D eigenvalue weighted by Crippen LogP contribution is 2.21. The number of nitrogens with zero attached hydrogens (tertiary/aromatic N) is 3. The quantitative estimate of drug-likeness (QED) is 0.571. The van der Waals surface area contributed by atoms with E-state index in [9.17, 15) is 4.79 Å². The predicted molar refractivity (Wildman–Crippen MR) is 89.5 cm³/mol. The van der Waals surface area contributed by atoms with Crippen molar-refractivity contribution in [3.8, 4) is 17.3 Å². The maximum Gasteiger partial charge on any atom is 0.262 e. The molecule has 3 aromatic rings. The van der Waals surface area contributed by atoms with E-state index in [1.54, 1.807) is 24.5 Å². The molecule has 0 aromatic carbocycles. The first-order valence-corrected chi connectivity index (χ1v) is 7.92. The zero-order valence-electron chi connectivity index (χ0n) is 12.5. The van der Waals surface area contributed by atoms with Crippen molar-refractivity contribution in [1.29, 1.82) is 5.26 Å². The third-order valence-electron chi connectivity index (χ3n) is 3.12. The largest absolute Gasteiger partial charge is 0.465 e. The van der Waals surface area contributed by atoms with Crippen LogP contribution in [-0.4, -0.2) is 15.9 Å². The van der Waals surface area contributed by atoms with E-state index in [4.69, 9.17) is 9.68 Å². The highest BCUT2D eigenvalue weighted by Gasteiger charge is 2.11. The average Bonchev–Trinajstić information content (AvgIpc) is 3.30. The summed E-state index contributed by atoms with van der Waals surface area (Å²) in [7, 11) is 0. The molecule has 0 aliphatic rings. The highest BCUT2D eigenvalue weighted by molar-refractivity contribution is 7.09. The summed E-state index contributed by atoms with van der Waals surface area (Å²) < 4.78 is 5.11. The Morgan fingerprint density at radius 1 is 1.38 bits per heavy atom. The second-order valence-electron chi connectivity index (χ2n) is 4.73. The van der Waals surface area contributed by atoms with Gasteiger partial charge in [0.1, 0.15) is 22.4 Å². The molecule has 0 unspecified atom stereocenters. The molecule has 7 heteroatoms. The Morgan fingerprint density at radius 2 is 2.21 bits per heavy atom. The summed E-state index contributed by atoms with van der Waals surface area (Å²) in [4.78, 5) is 20.5. The second kappa shape index (κ2) is 7.35. The number of aromatic nitrogens is 2. The SMILES string of the molecule is N#CC(=Cc1ccco1)C(=O)NCc1nc(-c2ccncc2)cs1. The van der Waals surface area contributed by atoms with Gasteiger partial charge in [-0.15, -0.1) is 11.3 Å². The van der Waals surface area contributed by atoms with E-state index in [2.05, 4.69) is 15.3 Å². The smallest absolute Gasteiger partial charge is 0.262 e. The number of amides is 1. The van der Waals surface area contributed by atoms with Crippen molar-refractivity contribution in [2.75, 3.05) is 0 Å². The highest BCUT2D eigenvalue weighted by atomic mass is 32.1. The normalized spacial score (nSPS) is 11.0. The van der Waals surface area contributed by atoms with Crippen LogP contribution in [0.25, 0.3) is 17.3 Å². The van der Waals surface area contributed by atoms with Crippen molar-refractivity contribution in [3.05, 3.63) is 64.6 Å². The lowest BCUT2D eigenvalue weighted by Crippen LogP contribution is -2.23. The number of hydrogen-bond donors (Lipinski definition) is 1. The summed E-state index contributed by atoms with van der Waals surface area (Å²) >= 11 is 1.44. The van der Waals surface area contributed by atoms with Crippen LogP contribution < -0.4 is 5.32 Å². The molecule has 0 fully saturated rings. The average molecular weight is 336 g/mol. The van der Waals surface area contributed by atoms with E-state index in [0.717, 1.165) is 16.3 Å². The molecule has 0 aliphatic heterocycles. The fraction of sp³-hybridized carbons (Fsp3) is 0.0588. The summed E-state index contributed by atoms with van der Waals surface area (Å²) in [5.74, 6) is -0.00881. The van der Waals surface area contributed by atoms with Crippen LogP contribution in [0.4, 0.5) is 0 Å². The van der Waals surface area contributed by atoms with Crippen LogP contribution in [0.15, 0.2) is 58.3 Å². The van der Waals surface area contributed by atoms with Crippen LogP contribution in [0, 0.1) is 11.3 Å². The van der Waals surface area contributed by atoms with Crippen LogP contribution >= 0.6 is 11.3 Å². The van der Waals surface area contributed by atoms with Gasteiger partial charge < -0.3 is 9.73 Å². The fourth-order valence-corrected chi connectivity index (χ4v) is 2.71. The molecule has 0 spiro atoms. The van der Waals surface area contributed by atoms with E-state index < -0.39 is 5.91 Å². The number of carbonyl (C=O) groups excluding carboxylic acids is 1. The lowest BCUT2D eigenvalue weighted by molar-refractivity contribution is -0.117. The molecule has 0 bridgehead atoms. The van der Waals surface area contributed by atoms with Crippen molar-refractivity contribution < 1.29 is 9.21 Å². The number of hydrogen-bond acceptors (Lipinski definition) is 6. The lowest BCUT2D eigenvalue weighted by atomic mass is 10.2. The molecule has 3 heterocycles. The van der Waals surface area contributed by atoms with Crippen molar-refractivity contribution in [2.24, 2.45) is 0 Å². The van der Waals surface area contributed by atoms with Crippen molar-refractivity contribution in [2.45, 2.75) is 6.54 Å². The Kier molecular flexibility index (Phi) is 4.79. The van der Waals surface area contributed by atoms with Crippen LogP contribution in [0.5, 0.6) is 0 Å². The molecule has 0 saturated carbocycles. The van der Waals surface area contributed by atoms with Gasteiger partial charge in [-0.25, -0.2) is 4.98 Å². The predicted octanol–water partition coefficient (Wildman–Crippen LogP) is 3.02. The van der Waals surface area contributed by atoms with Gasteiger partial charge in [-0.2, -0.15) is 5.26 Å². The molecule has 3 aromatic heterocycles. The van der Waals surface area contributed by atoms with E-state index in [-0.39, 0.29) is 12.1 Å². The molecule has 6 nitrogen and oxygen atoms in total. The Morgan fingerprint density at radius 3 is 2.92 bits per heavy atom. The third kappa shape index (κ3) is 3.74. The van der Waals surface area contributed by atoms with Crippen molar-refractivity contribution >= 4 is 23.3 Å². The van der Waals surface area contributed by atoms with Crippen LogP contribution in [-0.2, 0) is 11.3 Å². The molecule has 0 radical (unpaired) electrons. The number of furan rings is 1. The Labute approximate surface area is 142 Å². The summed E-state index contributed by atoms with van der Waals surface area (Å²) in [6.07, 6.45) is 6.29. The first-order valence-electron chi connectivity index (χ1n) is 7.04. The van der Waals surface area contributed by atoms with Gasteiger partial charge in [0.2, 0.25) is 0 Å². The van der Waals surface area contributed by atoms with Gasteiger partial charge in [0.05, 0.1) is 18.5 Å². The Hall–Kier alpha value is -3.24. The van der Waals surface area contributed by atoms with E-state index >= 15 is 0 Å². The number of nitrogens with one attached hydrogen (secondary N) is 1. The molecule has 118 valence electrons. The first-order chi connectivity index (χ1) is 11.8. The van der Waals surface area contributed by atoms with Gasteiger partial charge in [0.25, 0.3) is 5.91 Å². The zero-order valence-corrected chi connectivity index (χ0v) is 13.3. The molecule has 24 heavy (non-hydrogen) atoms. The minimum atomic E-state index is -0.463. The number of nitriles is 1. The first kappa shape index (κ1) is 15.6. The molecule has 0 atom stereocenters. The van der Waals surface area contributed by atoms with Crippen LogP contribution in [0.1, 0.15) is 10.8 Å². The maximum absolute atomic E-state index is 12.1. The maximum atomic E-state index is 12.1. The van der Waals surface area contributed by atoms with Gasteiger partial charge in [-0.1, -0.05) is 0 Å². The summed E-state index contributed by atoms with van der Waals surface area (Å²) in [6.45, 7) is 0.256. The number of pyridine rings is 1. The molecule has 1 amide bonds. The molecule has 0 aliphatic carbocycles. The zero-order chi connectivity index (χ0) is 16.8. The van der Waals surface area contributed by atoms with E-state index in [0.29, 0.717) is 5.76 Å². The molecule has 1 N–H and O–H groups in total. The molecule has 0 saturated heterocycles. The van der Waals surface area contributed by atoms with Gasteiger partial charge in [-0.3, -0.25) is 9.78 Å². The monoisotopic (exact) mass is 336 g/mol. The summed E-state index contributed by atoms with van der Waals surface area (Å²) in [5, 5.41) is 14.5. The van der Waals surface area contributed by atoms with Gasteiger partial charge in [0.15, 0.2) is 0 Å². The topological polar surface area (TPSA) is 91.8 Å². The lowest BCUT2D eigenvalue weighted by Gasteiger charge is -2.01. The van der Waals surface area contributed by atoms with E-state index in [1.165, 1.54) is 23.7 Å². The number of carbonyl (C=O) groups is 1. The van der Waals surface area contributed by atoms with Crippen LogP contribution in [0.3, 0.4) is 0 Å². The second-order valence-corrected chi connectivity index (χ2v) is 5.67. The summed E-state index contributed by atoms with van der Waals surface area (Å²) in [6, 6.07) is 8.98. The fourth-order valence-electron chi connectivity index (χ4n) is 1.96. The van der Waals surface area contributed by atoms with Gasteiger partial charge >= 0.3 is 0 Å². The summed E-state index contributed by atoms with van der Waals surface area (Å²) in [5.41, 5.74) is 1.78. The van der Waals surface area contributed by atoms with Gasteiger partial charge in [0, 0.05) is 29.4 Å². The minimum Gasteiger partial charge on any atom is -0.465 e.